The summed E-state index contributed by atoms with van der Waals surface area (Å²) in [4.78, 5) is 0. The topological polar surface area (TPSA) is 30.5 Å². The van der Waals surface area contributed by atoms with Crippen LogP contribution in [0.5, 0.6) is 0 Å². The number of halogens is 1. The summed E-state index contributed by atoms with van der Waals surface area (Å²) in [5.41, 5.74) is 0. The van der Waals surface area contributed by atoms with Gasteiger partial charge in [-0.1, -0.05) is 0 Å². The summed E-state index contributed by atoms with van der Waals surface area (Å²) in [6.45, 7) is 4.99. The Bertz CT molecular complexity index is 44.2. The maximum absolute atomic E-state index is 5.17. The number of nitrogens with one attached hydrogen (secondary N) is 1. The molecule has 1 aliphatic rings. The van der Waals surface area contributed by atoms with E-state index in [-0.39, 0.29) is 24.0 Å². The van der Waals surface area contributed by atoms with Crippen molar-refractivity contribution in [2.75, 3.05) is 39.5 Å². The van der Waals surface area contributed by atoms with Crippen LogP contribution in [0.25, 0.3) is 0 Å². The first-order chi connectivity index (χ1) is 4.50. The Morgan fingerprint density at radius 3 is 1.80 bits per heavy atom. The molecule has 10 heavy (non-hydrogen) atoms. The van der Waals surface area contributed by atoms with E-state index < -0.39 is 0 Å². The van der Waals surface area contributed by atoms with Crippen LogP contribution in [0.15, 0.2) is 0 Å². The normalized spacial score (nSPS) is 21.6. The summed E-state index contributed by atoms with van der Waals surface area (Å²) >= 11 is 0. The lowest BCUT2D eigenvalue weighted by atomic mass is 10.6. The van der Waals surface area contributed by atoms with E-state index in [9.17, 15) is 0 Å². The van der Waals surface area contributed by atoms with Gasteiger partial charge in [0.2, 0.25) is 0 Å². The largest absolute Gasteiger partial charge is 0.378 e. The minimum absolute atomic E-state index is 0. The zero-order valence-electron chi connectivity index (χ0n) is 5.97. The molecule has 1 rings (SSSR count). The summed E-state index contributed by atoms with van der Waals surface area (Å²) in [6, 6.07) is 0. The molecule has 0 radical (unpaired) electrons. The second kappa shape index (κ2) is 7.71. The second-order valence-corrected chi connectivity index (χ2v) is 1.97. The van der Waals surface area contributed by atoms with Crippen molar-refractivity contribution in [3.8, 4) is 0 Å². The second-order valence-electron chi connectivity index (χ2n) is 1.97. The first kappa shape index (κ1) is 10.6. The molecule has 0 aromatic carbocycles. The monoisotopic (exact) mass is 259 g/mol. The average Bonchev–Trinajstić information content (AvgIpc) is 2.00. The Hall–Kier alpha value is 0.610. The van der Waals surface area contributed by atoms with Gasteiger partial charge in [-0.2, -0.15) is 0 Å². The maximum atomic E-state index is 5.17. The zero-order valence-corrected chi connectivity index (χ0v) is 8.30. The maximum Gasteiger partial charge on any atom is 0.0701 e. The SMILES string of the molecule is C1COCCOCCN1.I. The minimum atomic E-state index is 0. The molecule has 1 N–H and O–H groups in total. The van der Waals surface area contributed by atoms with E-state index >= 15 is 0 Å². The summed E-state index contributed by atoms with van der Waals surface area (Å²) in [6.07, 6.45) is 0. The van der Waals surface area contributed by atoms with Crippen molar-refractivity contribution >= 4 is 24.0 Å². The van der Waals surface area contributed by atoms with Gasteiger partial charge < -0.3 is 14.8 Å². The van der Waals surface area contributed by atoms with Crippen molar-refractivity contribution in [2.24, 2.45) is 0 Å². The van der Waals surface area contributed by atoms with E-state index in [1.807, 2.05) is 0 Å². The molecule has 0 aromatic rings. The molecule has 0 aromatic heterocycles. The van der Waals surface area contributed by atoms with Gasteiger partial charge in [-0.05, 0) is 0 Å². The molecule has 1 aliphatic heterocycles. The lowest BCUT2D eigenvalue weighted by Gasteiger charge is -1.98. The Morgan fingerprint density at radius 1 is 0.800 bits per heavy atom. The van der Waals surface area contributed by atoms with Crippen LogP contribution in [0, 0.1) is 0 Å². The molecule has 0 saturated carbocycles. The van der Waals surface area contributed by atoms with Gasteiger partial charge in [0, 0.05) is 13.1 Å². The lowest BCUT2D eigenvalue weighted by molar-refractivity contribution is 0.0629. The van der Waals surface area contributed by atoms with Crippen molar-refractivity contribution < 1.29 is 9.47 Å². The zero-order chi connectivity index (χ0) is 6.36. The van der Waals surface area contributed by atoms with Crippen LogP contribution in [0.4, 0.5) is 0 Å². The third kappa shape index (κ3) is 5.40. The number of rotatable bonds is 0. The van der Waals surface area contributed by atoms with Gasteiger partial charge in [0.25, 0.3) is 0 Å². The van der Waals surface area contributed by atoms with Crippen LogP contribution < -0.4 is 5.32 Å². The number of hydrogen-bond acceptors (Lipinski definition) is 3. The predicted octanol–water partition coefficient (Wildman–Crippen LogP) is 0.241. The first-order valence-electron chi connectivity index (χ1n) is 3.36. The van der Waals surface area contributed by atoms with Crippen molar-refractivity contribution in [3.05, 3.63) is 0 Å². The number of hydrogen-bond donors (Lipinski definition) is 1. The van der Waals surface area contributed by atoms with E-state index in [0.717, 1.165) is 39.5 Å². The van der Waals surface area contributed by atoms with Crippen LogP contribution in [0.1, 0.15) is 0 Å². The van der Waals surface area contributed by atoms with Crippen LogP contribution in [-0.4, -0.2) is 39.5 Å². The molecule has 4 heteroatoms. The molecule has 0 spiro atoms. The quantitative estimate of drug-likeness (QED) is 0.632. The van der Waals surface area contributed by atoms with Gasteiger partial charge >= 0.3 is 0 Å². The van der Waals surface area contributed by atoms with E-state index in [1.54, 1.807) is 0 Å². The van der Waals surface area contributed by atoms with Crippen molar-refractivity contribution in [1.82, 2.24) is 5.32 Å². The van der Waals surface area contributed by atoms with Gasteiger partial charge in [-0.15, -0.1) is 24.0 Å². The molecule has 0 atom stereocenters. The lowest BCUT2D eigenvalue weighted by Crippen LogP contribution is -2.21. The highest BCUT2D eigenvalue weighted by atomic mass is 127. The molecule has 3 nitrogen and oxygen atoms in total. The molecule has 1 heterocycles. The highest BCUT2D eigenvalue weighted by Gasteiger charge is 1.93. The third-order valence-corrected chi connectivity index (χ3v) is 1.22. The molecule has 0 amide bonds. The van der Waals surface area contributed by atoms with Crippen molar-refractivity contribution in [3.63, 3.8) is 0 Å². The standard InChI is InChI=1S/C6H13NO2.HI/c1-3-8-5-6-9-4-2-7-1;/h7H,1-6H2;1H. The van der Waals surface area contributed by atoms with E-state index in [1.165, 1.54) is 0 Å². The molecule has 62 valence electrons. The fraction of sp³-hybridized carbons (Fsp3) is 1.00. The third-order valence-electron chi connectivity index (χ3n) is 1.22. The Balaban J connectivity index is 0.000000810. The Morgan fingerprint density at radius 2 is 1.30 bits per heavy atom. The molecule has 0 bridgehead atoms. The fourth-order valence-electron chi connectivity index (χ4n) is 0.736. The van der Waals surface area contributed by atoms with Crippen LogP contribution in [-0.2, 0) is 9.47 Å². The molecule has 0 aliphatic carbocycles. The van der Waals surface area contributed by atoms with Crippen molar-refractivity contribution in [1.29, 1.82) is 0 Å². The summed E-state index contributed by atoms with van der Waals surface area (Å²) in [7, 11) is 0. The van der Waals surface area contributed by atoms with Gasteiger partial charge in [0.15, 0.2) is 0 Å². The molecule has 1 fully saturated rings. The van der Waals surface area contributed by atoms with E-state index in [0.29, 0.717) is 0 Å². The average molecular weight is 259 g/mol. The van der Waals surface area contributed by atoms with Crippen molar-refractivity contribution in [2.45, 2.75) is 0 Å². The predicted molar refractivity (Wildman–Crippen MR) is 49.9 cm³/mol. The number of ether oxygens (including phenoxy) is 2. The summed E-state index contributed by atoms with van der Waals surface area (Å²) in [5.74, 6) is 0. The molecular formula is C6H14INO2. The van der Waals surface area contributed by atoms with Crippen LogP contribution >= 0.6 is 24.0 Å². The van der Waals surface area contributed by atoms with Gasteiger partial charge in [-0.3, -0.25) is 0 Å². The summed E-state index contributed by atoms with van der Waals surface area (Å²) in [5, 5.41) is 3.18. The van der Waals surface area contributed by atoms with Crippen LogP contribution in [0.2, 0.25) is 0 Å². The smallest absolute Gasteiger partial charge is 0.0701 e. The first-order valence-corrected chi connectivity index (χ1v) is 3.36. The Labute approximate surface area is 78.5 Å². The molecule has 0 unspecified atom stereocenters. The summed E-state index contributed by atoms with van der Waals surface area (Å²) < 4.78 is 10.3. The minimum Gasteiger partial charge on any atom is -0.378 e. The van der Waals surface area contributed by atoms with Gasteiger partial charge in [0.1, 0.15) is 0 Å². The van der Waals surface area contributed by atoms with Crippen LogP contribution in [0.3, 0.4) is 0 Å². The van der Waals surface area contributed by atoms with E-state index in [4.69, 9.17) is 9.47 Å². The fourth-order valence-corrected chi connectivity index (χ4v) is 0.736. The Kier molecular flexibility index (Phi) is 8.18. The highest BCUT2D eigenvalue weighted by Crippen LogP contribution is 1.80. The van der Waals surface area contributed by atoms with E-state index in [2.05, 4.69) is 5.32 Å². The molecular weight excluding hydrogens is 245 g/mol. The van der Waals surface area contributed by atoms with Gasteiger partial charge in [-0.25, -0.2) is 0 Å². The van der Waals surface area contributed by atoms with Gasteiger partial charge in [0.05, 0.1) is 26.4 Å². The highest BCUT2D eigenvalue weighted by molar-refractivity contribution is 14.0. The molecule has 1 saturated heterocycles.